The van der Waals surface area contributed by atoms with Gasteiger partial charge in [-0.1, -0.05) is 47.6 Å². The Hall–Kier alpha value is -2.78. The van der Waals surface area contributed by atoms with Crippen LogP contribution in [0.15, 0.2) is 59.8 Å². The quantitative estimate of drug-likeness (QED) is 0.393. The highest BCUT2D eigenvalue weighted by Gasteiger charge is 2.04. The van der Waals surface area contributed by atoms with E-state index in [0.717, 1.165) is 29.4 Å². The molecule has 3 rings (SSSR count). The Bertz CT molecular complexity index is 785. The third-order valence-corrected chi connectivity index (χ3v) is 3.48. The molecular formula is C16H15N5. The van der Waals surface area contributed by atoms with Gasteiger partial charge in [0.25, 0.3) is 0 Å². The van der Waals surface area contributed by atoms with Gasteiger partial charge in [0.05, 0.1) is 18.3 Å². The summed E-state index contributed by atoms with van der Waals surface area (Å²) in [5.74, 6) is 0. The van der Waals surface area contributed by atoms with Gasteiger partial charge in [0.15, 0.2) is 0 Å². The lowest BCUT2D eigenvalue weighted by atomic mass is 10.1. The van der Waals surface area contributed by atoms with Crippen LogP contribution in [-0.2, 0) is 19.5 Å². The van der Waals surface area contributed by atoms with Crippen LogP contribution in [0.25, 0.3) is 21.3 Å². The summed E-state index contributed by atoms with van der Waals surface area (Å²) in [6.45, 7) is 1.20. The van der Waals surface area contributed by atoms with Gasteiger partial charge in [-0.3, -0.25) is 4.68 Å². The zero-order chi connectivity index (χ0) is 14.5. The molecular weight excluding hydrogens is 262 g/mol. The van der Waals surface area contributed by atoms with Crippen LogP contribution in [0.2, 0.25) is 0 Å². The summed E-state index contributed by atoms with van der Waals surface area (Å²) >= 11 is 0. The molecule has 5 nitrogen and oxygen atoms in total. The molecule has 0 aliphatic heterocycles. The molecule has 1 aromatic heterocycles. The van der Waals surface area contributed by atoms with Gasteiger partial charge in [-0.05, 0) is 29.1 Å². The number of aromatic nitrogens is 2. The minimum absolute atomic E-state index is 0.371. The van der Waals surface area contributed by atoms with Crippen molar-refractivity contribution in [1.29, 1.82) is 0 Å². The van der Waals surface area contributed by atoms with Crippen molar-refractivity contribution < 1.29 is 0 Å². The van der Waals surface area contributed by atoms with E-state index in [4.69, 9.17) is 5.53 Å². The third-order valence-electron chi connectivity index (χ3n) is 3.48. The second kappa shape index (κ2) is 6.11. The monoisotopic (exact) mass is 277 g/mol. The Morgan fingerprint density at radius 2 is 1.95 bits per heavy atom. The van der Waals surface area contributed by atoms with Crippen LogP contribution in [-0.4, -0.2) is 9.78 Å². The van der Waals surface area contributed by atoms with E-state index < -0.39 is 0 Å². The van der Waals surface area contributed by atoms with Gasteiger partial charge < -0.3 is 0 Å². The van der Waals surface area contributed by atoms with E-state index in [-0.39, 0.29) is 0 Å². The summed E-state index contributed by atoms with van der Waals surface area (Å²) in [4.78, 5) is 2.80. The van der Waals surface area contributed by atoms with Gasteiger partial charge >= 0.3 is 0 Å². The number of hydrogen-bond donors (Lipinski definition) is 0. The highest BCUT2D eigenvalue weighted by Crippen LogP contribution is 2.17. The molecule has 21 heavy (non-hydrogen) atoms. The largest absolute Gasteiger partial charge is 0.265 e. The van der Waals surface area contributed by atoms with Gasteiger partial charge in [0.2, 0.25) is 0 Å². The average molecular weight is 277 g/mol. The lowest BCUT2D eigenvalue weighted by Crippen LogP contribution is -2.03. The van der Waals surface area contributed by atoms with Crippen molar-refractivity contribution in [2.45, 2.75) is 19.5 Å². The van der Waals surface area contributed by atoms with Crippen molar-refractivity contribution in [3.05, 3.63) is 76.3 Å². The molecule has 0 radical (unpaired) electrons. The van der Waals surface area contributed by atoms with Crippen LogP contribution >= 0.6 is 0 Å². The fourth-order valence-electron chi connectivity index (χ4n) is 2.39. The highest BCUT2D eigenvalue weighted by molar-refractivity contribution is 5.79. The highest BCUT2D eigenvalue weighted by atomic mass is 15.3. The molecule has 1 heterocycles. The second-order valence-corrected chi connectivity index (χ2v) is 4.89. The third kappa shape index (κ3) is 3.04. The van der Waals surface area contributed by atoms with Gasteiger partial charge in [-0.25, -0.2) is 0 Å². The Balaban J connectivity index is 1.83. The number of rotatable bonds is 5. The summed E-state index contributed by atoms with van der Waals surface area (Å²) in [7, 11) is 0. The predicted octanol–water partition coefficient (Wildman–Crippen LogP) is 4.09. The lowest BCUT2D eigenvalue weighted by Gasteiger charge is -2.05. The van der Waals surface area contributed by atoms with Gasteiger partial charge in [-0.2, -0.15) is 5.10 Å². The molecule has 0 atom stereocenters. The first kappa shape index (κ1) is 13.2. The molecule has 0 N–H and O–H groups in total. The fourth-order valence-corrected chi connectivity index (χ4v) is 2.39. The molecule has 104 valence electrons. The summed E-state index contributed by atoms with van der Waals surface area (Å²) in [5.41, 5.74) is 11.8. The van der Waals surface area contributed by atoms with Gasteiger partial charge in [0, 0.05) is 16.8 Å². The molecule has 3 aromatic rings. The zero-order valence-corrected chi connectivity index (χ0v) is 11.6. The maximum absolute atomic E-state index is 8.41. The Morgan fingerprint density at radius 3 is 2.76 bits per heavy atom. The second-order valence-electron chi connectivity index (χ2n) is 4.89. The smallest absolute Gasteiger partial charge is 0.0685 e. The van der Waals surface area contributed by atoms with E-state index >= 15 is 0 Å². The summed E-state index contributed by atoms with van der Waals surface area (Å²) in [6, 6.07) is 16.4. The molecule has 0 bridgehead atoms. The van der Waals surface area contributed by atoms with Crippen molar-refractivity contribution in [2.24, 2.45) is 5.11 Å². The Morgan fingerprint density at radius 1 is 1.10 bits per heavy atom. The summed E-state index contributed by atoms with van der Waals surface area (Å²) < 4.78 is 2.00. The Kier molecular flexibility index (Phi) is 3.85. The van der Waals surface area contributed by atoms with Crippen molar-refractivity contribution in [3.63, 3.8) is 0 Å². The maximum atomic E-state index is 8.41. The number of azide groups is 1. The molecule has 0 saturated carbocycles. The molecule has 0 unspecified atom stereocenters. The fraction of sp³-hybridized carbons (Fsp3) is 0.188. The number of benzene rings is 2. The van der Waals surface area contributed by atoms with Crippen molar-refractivity contribution in [2.75, 3.05) is 0 Å². The number of nitrogens with zero attached hydrogens (tertiary/aromatic N) is 5. The normalized spacial score (nSPS) is 10.5. The van der Waals surface area contributed by atoms with E-state index in [9.17, 15) is 0 Å². The lowest BCUT2D eigenvalue weighted by molar-refractivity contribution is 0.635. The zero-order valence-electron chi connectivity index (χ0n) is 11.6. The Labute approximate surface area is 122 Å². The first-order valence-corrected chi connectivity index (χ1v) is 6.86. The minimum atomic E-state index is 0.371. The van der Waals surface area contributed by atoms with Crippen LogP contribution < -0.4 is 0 Å². The topological polar surface area (TPSA) is 66.6 Å². The van der Waals surface area contributed by atoms with Crippen LogP contribution in [0.5, 0.6) is 0 Å². The molecule has 0 aliphatic rings. The van der Waals surface area contributed by atoms with Crippen LogP contribution in [0.3, 0.4) is 0 Å². The van der Waals surface area contributed by atoms with Crippen LogP contribution in [0.1, 0.15) is 11.1 Å². The average Bonchev–Trinajstić information content (AvgIpc) is 2.94. The molecule has 0 saturated heterocycles. The standard InChI is InChI=1S/C16H15N5/c17-20-18-11-14-6-7-15-12-19-21(16(15)10-14)9-8-13-4-2-1-3-5-13/h1-7,10,12H,8-9,11H2. The van der Waals surface area contributed by atoms with E-state index in [1.807, 2.05) is 35.1 Å². The number of hydrogen-bond acceptors (Lipinski definition) is 2. The van der Waals surface area contributed by atoms with Crippen molar-refractivity contribution >= 4 is 10.9 Å². The predicted molar refractivity (Wildman–Crippen MR) is 82.7 cm³/mol. The first-order valence-electron chi connectivity index (χ1n) is 6.86. The summed E-state index contributed by atoms with van der Waals surface area (Å²) in [5, 5.41) is 9.16. The summed E-state index contributed by atoms with van der Waals surface area (Å²) in [6.07, 6.45) is 2.82. The van der Waals surface area contributed by atoms with Crippen LogP contribution in [0.4, 0.5) is 0 Å². The first-order chi connectivity index (χ1) is 10.4. The van der Waals surface area contributed by atoms with E-state index in [0.29, 0.717) is 6.54 Å². The molecule has 0 spiro atoms. The van der Waals surface area contributed by atoms with Gasteiger partial charge in [-0.15, -0.1) is 0 Å². The van der Waals surface area contributed by atoms with Gasteiger partial charge in [0.1, 0.15) is 0 Å². The maximum Gasteiger partial charge on any atom is 0.0685 e. The van der Waals surface area contributed by atoms with E-state index in [2.05, 4.69) is 39.4 Å². The SMILES string of the molecule is [N-]=[N+]=NCc1ccc2cnn(CCc3ccccc3)c2c1. The molecule has 5 heteroatoms. The van der Waals surface area contributed by atoms with Crippen molar-refractivity contribution in [1.82, 2.24) is 9.78 Å². The molecule has 0 amide bonds. The number of aryl methyl sites for hydroxylation is 2. The van der Waals surface area contributed by atoms with Crippen molar-refractivity contribution in [3.8, 4) is 0 Å². The minimum Gasteiger partial charge on any atom is -0.265 e. The molecule has 2 aromatic carbocycles. The molecule has 0 aliphatic carbocycles. The van der Waals surface area contributed by atoms with Crippen LogP contribution in [0, 0.1) is 0 Å². The van der Waals surface area contributed by atoms with E-state index in [1.165, 1.54) is 5.56 Å². The van der Waals surface area contributed by atoms with E-state index in [1.54, 1.807) is 0 Å². The molecule has 0 fully saturated rings. The number of fused-ring (bicyclic) bond motifs is 1.